The van der Waals surface area contributed by atoms with Crippen molar-refractivity contribution >= 4 is 31.9 Å². The maximum Gasteiger partial charge on any atom is 0.161 e. The number of methoxy groups -OCH3 is 2. The fourth-order valence-corrected chi connectivity index (χ4v) is 3.16. The molecule has 0 aromatic heterocycles. The molecule has 0 aliphatic heterocycles. The molecule has 2 rings (SSSR count). The Morgan fingerprint density at radius 1 is 1.05 bits per heavy atom. The second kappa shape index (κ2) is 7.29. The fraction of sp³-hybridized carbons (Fsp3) is 0.250. The quantitative estimate of drug-likeness (QED) is 0.780. The van der Waals surface area contributed by atoms with Crippen molar-refractivity contribution in [3.63, 3.8) is 0 Å². The molecule has 0 amide bonds. The predicted molar refractivity (Wildman–Crippen MR) is 90.1 cm³/mol. The summed E-state index contributed by atoms with van der Waals surface area (Å²) < 4.78 is 12.3. The van der Waals surface area contributed by atoms with Crippen LogP contribution < -0.4 is 9.47 Å². The molecule has 0 aliphatic carbocycles. The number of benzene rings is 2. The molecule has 5 heteroatoms. The third-order valence-electron chi connectivity index (χ3n) is 3.18. The summed E-state index contributed by atoms with van der Waals surface area (Å²) >= 11 is 6.91. The van der Waals surface area contributed by atoms with Crippen LogP contribution in [0, 0.1) is 0 Å². The summed E-state index contributed by atoms with van der Waals surface area (Å²) in [6.07, 6.45) is -0.110. The molecule has 0 bridgehead atoms. The van der Waals surface area contributed by atoms with E-state index in [0.29, 0.717) is 17.9 Å². The lowest BCUT2D eigenvalue weighted by molar-refractivity contribution is 0.177. The Hall–Kier alpha value is -1.04. The molecular weight excluding hydrogens is 400 g/mol. The van der Waals surface area contributed by atoms with E-state index in [1.54, 1.807) is 26.4 Å². The Labute approximate surface area is 141 Å². The van der Waals surface area contributed by atoms with Crippen LogP contribution in [-0.4, -0.2) is 19.3 Å². The molecule has 112 valence electrons. The van der Waals surface area contributed by atoms with Crippen LogP contribution in [0.2, 0.25) is 0 Å². The molecule has 2 aromatic rings. The van der Waals surface area contributed by atoms with Crippen LogP contribution in [0.5, 0.6) is 11.5 Å². The summed E-state index contributed by atoms with van der Waals surface area (Å²) in [7, 11) is 3.16. The van der Waals surface area contributed by atoms with Crippen LogP contribution >= 0.6 is 31.9 Å². The van der Waals surface area contributed by atoms with Crippen LogP contribution in [-0.2, 0) is 6.42 Å². The predicted octanol–water partition coefficient (Wildman–Crippen LogP) is 4.50. The highest BCUT2D eigenvalue weighted by atomic mass is 79.9. The molecule has 0 heterocycles. The van der Waals surface area contributed by atoms with Gasteiger partial charge in [-0.15, -0.1) is 0 Å². The molecule has 0 fully saturated rings. The topological polar surface area (TPSA) is 38.7 Å². The van der Waals surface area contributed by atoms with Crippen molar-refractivity contribution in [2.75, 3.05) is 14.2 Å². The first-order chi connectivity index (χ1) is 10.0. The molecule has 21 heavy (non-hydrogen) atoms. The first-order valence-electron chi connectivity index (χ1n) is 6.39. The molecule has 0 radical (unpaired) electrons. The average Bonchev–Trinajstić information content (AvgIpc) is 2.46. The van der Waals surface area contributed by atoms with E-state index in [1.165, 1.54) is 0 Å². The molecular formula is C16H16Br2O3. The van der Waals surface area contributed by atoms with Gasteiger partial charge < -0.3 is 14.6 Å². The van der Waals surface area contributed by atoms with Gasteiger partial charge in [-0.2, -0.15) is 0 Å². The largest absolute Gasteiger partial charge is 0.493 e. The highest BCUT2D eigenvalue weighted by Gasteiger charge is 2.16. The molecule has 3 nitrogen and oxygen atoms in total. The van der Waals surface area contributed by atoms with Crippen LogP contribution in [0.4, 0.5) is 0 Å². The zero-order chi connectivity index (χ0) is 15.4. The normalized spacial score (nSPS) is 12.0. The standard InChI is InChI=1S/C16H16Br2O3/c1-20-15-8-12(13(18)9-16(15)21-2)14(19)7-10-4-3-5-11(17)6-10/h3-6,8-9,14,19H,7H2,1-2H3. The van der Waals surface area contributed by atoms with Gasteiger partial charge in [0.1, 0.15) is 0 Å². The monoisotopic (exact) mass is 414 g/mol. The van der Waals surface area contributed by atoms with Crippen molar-refractivity contribution < 1.29 is 14.6 Å². The zero-order valence-electron chi connectivity index (χ0n) is 11.8. The van der Waals surface area contributed by atoms with E-state index in [0.717, 1.165) is 20.1 Å². The van der Waals surface area contributed by atoms with Gasteiger partial charge in [0.25, 0.3) is 0 Å². The van der Waals surface area contributed by atoms with E-state index in [1.807, 2.05) is 24.3 Å². The molecule has 2 aromatic carbocycles. The SMILES string of the molecule is COc1cc(Br)c(C(O)Cc2cccc(Br)c2)cc1OC. The van der Waals surface area contributed by atoms with E-state index < -0.39 is 6.10 Å². The van der Waals surface area contributed by atoms with Crippen molar-refractivity contribution in [2.45, 2.75) is 12.5 Å². The summed E-state index contributed by atoms with van der Waals surface area (Å²) in [6, 6.07) is 11.5. The molecule has 1 unspecified atom stereocenters. The minimum absolute atomic E-state index is 0.521. The number of halogens is 2. The number of ether oxygens (including phenoxy) is 2. The molecule has 0 saturated carbocycles. The van der Waals surface area contributed by atoms with Gasteiger partial charge in [-0.05, 0) is 35.4 Å². The van der Waals surface area contributed by atoms with Crippen LogP contribution in [0.3, 0.4) is 0 Å². The van der Waals surface area contributed by atoms with Gasteiger partial charge in [0.15, 0.2) is 11.5 Å². The van der Waals surface area contributed by atoms with Crippen LogP contribution in [0.25, 0.3) is 0 Å². The average molecular weight is 416 g/mol. The van der Waals surface area contributed by atoms with Gasteiger partial charge in [-0.1, -0.05) is 44.0 Å². The zero-order valence-corrected chi connectivity index (χ0v) is 14.9. The van der Waals surface area contributed by atoms with Gasteiger partial charge in [0.05, 0.1) is 20.3 Å². The van der Waals surface area contributed by atoms with Gasteiger partial charge >= 0.3 is 0 Å². The highest BCUT2D eigenvalue weighted by molar-refractivity contribution is 9.10. The summed E-state index contributed by atoms with van der Waals surface area (Å²) in [4.78, 5) is 0. The van der Waals surface area contributed by atoms with Crippen LogP contribution in [0.15, 0.2) is 45.3 Å². The lowest BCUT2D eigenvalue weighted by atomic mass is 10.0. The van der Waals surface area contributed by atoms with E-state index in [2.05, 4.69) is 31.9 Å². The lowest BCUT2D eigenvalue weighted by Gasteiger charge is -2.16. The molecule has 0 saturated heterocycles. The Morgan fingerprint density at radius 2 is 1.71 bits per heavy atom. The second-order valence-corrected chi connectivity index (χ2v) is 6.35. The van der Waals surface area contributed by atoms with Gasteiger partial charge in [0, 0.05) is 15.4 Å². The summed E-state index contributed by atoms with van der Waals surface area (Å²) in [5, 5.41) is 10.5. The number of aliphatic hydroxyl groups is 1. The third kappa shape index (κ3) is 3.99. The number of rotatable bonds is 5. The minimum atomic E-state index is -0.631. The van der Waals surface area contributed by atoms with E-state index in [4.69, 9.17) is 9.47 Å². The number of hydrogen-bond donors (Lipinski definition) is 1. The maximum atomic E-state index is 10.5. The Bertz CT molecular complexity index is 629. The molecule has 1 N–H and O–H groups in total. The molecule has 1 atom stereocenters. The van der Waals surface area contributed by atoms with E-state index in [9.17, 15) is 5.11 Å². The van der Waals surface area contributed by atoms with Crippen molar-refractivity contribution in [1.29, 1.82) is 0 Å². The lowest BCUT2D eigenvalue weighted by Crippen LogP contribution is -2.04. The smallest absolute Gasteiger partial charge is 0.161 e. The summed E-state index contributed by atoms with van der Waals surface area (Å²) in [5.74, 6) is 1.23. The highest BCUT2D eigenvalue weighted by Crippen LogP contribution is 2.37. The fourth-order valence-electron chi connectivity index (χ4n) is 2.12. The van der Waals surface area contributed by atoms with E-state index in [-0.39, 0.29) is 0 Å². The van der Waals surface area contributed by atoms with Crippen molar-refractivity contribution in [3.05, 3.63) is 56.5 Å². The van der Waals surface area contributed by atoms with Crippen molar-refractivity contribution in [3.8, 4) is 11.5 Å². The Morgan fingerprint density at radius 3 is 2.33 bits per heavy atom. The van der Waals surface area contributed by atoms with Gasteiger partial charge in [-0.3, -0.25) is 0 Å². The minimum Gasteiger partial charge on any atom is -0.493 e. The van der Waals surface area contributed by atoms with E-state index >= 15 is 0 Å². The second-order valence-electron chi connectivity index (χ2n) is 4.58. The Kier molecular flexibility index (Phi) is 5.67. The van der Waals surface area contributed by atoms with Gasteiger partial charge in [0.2, 0.25) is 0 Å². The number of aliphatic hydroxyl groups excluding tert-OH is 1. The molecule has 0 aliphatic rings. The first-order valence-corrected chi connectivity index (χ1v) is 7.97. The third-order valence-corrected chi connectivity index (χ3v) is 4.36. The molecule has 0 spiro atoms. The first kappa shape index (κ1) is 16.3. The van der Waals surface area contributed by atoms with Crippen LogP contribution in [0.1, 0.15) is 17.2 Å². The summed E-state index contributed by atoms with van der Waals surface area (Å²) in [6.45, 7) is 0. The number of hydrogen-bond acceptors (Lipinski definition) is 3. The van der Waals surface area contributed by atoms with Gasteiger partial charge in [-0.25, -0.2) is 0 Å². The Balaban J connectivity index is 2.28. The van der Waals surface area contributed by atoms with Crippen molar-refractivity contribution in [2.24, 2.45) is 0 Å². The van der Waals surface area contributed by atoms with Crippen molar-refractivity contribution in [1.82, 2.24) is 0 Å². The maximum absolute atomic E-state index is 10.5. The summed E-state index contributed by atoms with van der Waals surface area (Å²) in [5.41, 5.74) is 1.83.